The van der Waals surface area contributed by atoms with Crippen LogP contribution in [0.15, 0.2) is 22.8 Å². The molecule has 2 bridgehead atoms. The van der Waals surface area contributed by atoms with E-state index in [1.807, 2.05) is 0 Å². The van der Waals surface area contributed by atoms with Crippen molar-refractivity contribution in [1.29, 1.82) is 0 Å². The largest absolute Gasteiger partial charge is 0.0732 e. The molecule has 0 aliphatic heterocycles. The van der Waals surface area contributed by atoms with Gasteiger partial charge in [0, 0.05) is 5.41 Å². The summed E-state index contributed by atoms with van der Waals surface area (Å²) >= 11 is 0. The van der Waals surface area contributed by atoms with E-state index in [0.717, 1.165) is 0 Å². The van der Waals surface area contributed by atoms with Gasteiger partial charge >= 0.3 is 0 Å². The third-order valence-electron chi connectivity index (χ3n) is 3.51. The molecule has 0 heterocycles. The van der Waals surface area contributed by atoms with Crippen LogP contribution < -0.4 is 0 Å². The second kappa shape index (κ2) is 2.10. The summed E-state index contributed by atoms with van der Waals surface area (Å²) in [6.07, 6.45) is 2.45. The minimum absolute atomic E-state index is 0.349. The topological polar surface area (TPSA) is 0 Å². The lowest BCUT2D eigenvalue weighted by Gasteiger charge is -2.45. The molecule has 0 radical (unpaired) electrons. The summed E-state index contributed by atoms with van der Waals surface area (Å²) in [7, 11) is 0. The Balaban J connectivity index is 2.52. The van der Waals surface area contributed by atoms with Crippen molar-refractivity contribution in [2.45, 2.75) is 41.5 Å². The van der Waals surface area contributed by atoms with Gasteiger partial charge in [-0.2, -0.15) is 0 Å². The molecule has 0 saturated heterocycles. The molecule has 1 unspecified atom stereocenters. The van der Waals surface area contributed by atoms with E-state index in [1.165, 1.54) is 0 Å². The van der Waals surface area contributed by atoms with E-state index in [4.69, 9.17) is 0 Å². The minimum Gasteiger partial charge on any atom is -0.0732 e. The number of rotatable bonds is 0. The van der Waals surface area contributed by atoms with Gasteiger partial charge in [0.2, 0.25) is 0 Å². The van der Waals surface area contributed by atoms with Gasteiger partial charge in [0.1, 0.15) is 0 Å². The average molecular weight is 176 g/mol. The van der Waals surface area contributed by atoms with Gasteiger partial charge in [0.15, 0.2) is 0 Å². The van der Waals surface area contributed by atoms with E-state index in [0.29, 0.717) is 16.7 Å². The van der Waals surface area contributed by atoms with Crippen molar-refractivity contribution >= 4 is 0 Å². The molecule has 0 saturated carbocycles. The maximum Gasteiger partial charge on any atom is 0.0117 e. The Hall–Kier alpha value is -0.520. The number of allylic oxidation sites excluding steroid dienone is 4. The van der Waals surface area contributed by atoms with Gasteiger partial charge in [-0.25, -0.2) is 0 Å². The second-order valence-corrected chi connectivity index (χ2v) is 6.03. The normalized spacial score (nSPS) is 30.3. The Morgan fingerprint density at radius 1 is 1.23 bits per heavy atom. The van der Waals surface area contributed by atoms with Gasteiger partial charge in [0.05, 0.1) is 0 Å². The molecule has 0 fully saturated rings. The molecular weight excluding hydrogens is 156 g/mol. The molecule has 0 N–H and O–H groups in total. The Morgan fingerprint density at radius 2 is 1.77 bits per heavy atom. The fourth-order valence-electron chi connectivity index (χ4n) is 3.08. The lowest BCUT2D eigenvalue weighted by Crippen LogP contribution is -2.33. The van der Waals surface area contributed by atoms with Crippen LogP contribution in [0.5, 0.6) is 0 Å². The van der Waals surface area contributed by atoms with Crippen LogP contribution in [0.2, 0.25) is 0 Å². The zero-order chi connectivity index (χ0) is 10.0. The van der Waals surface area contributed by atoms with E-state index in [2.05, 4.69) is 47.6 Å². The smallest absolute Gasteiger partial charge is 0.0117 e. The summed E-state index contributed by atoms with van der Waals surface area (Å²) < 4.78 is 0. The highest BCUT2D eigenvalue weighted by Gasteiger charge is 2.51. The Labute approximate surface area is 81.7 Å². The van der Waals surface area contributed by atoms with Crippen LogP contribution in [-0.4, -0.2) is 0 Å². The number of hydrogen-bond donors (Lipinski definition) is 0. The Bertz CT molecular complexity index is 318. The predicted molar refractivity (Wildman–Crippen MR) is 57.5 cm³/mol. The molecule has 0 heteroatoms. The molecule has 13 heavy (non-hydrogen) atoms. The first-order valence-corrected chi connectivity index (χ1v) is 5.24. The monoisotopic (exact) mass is 176 g/mol. The van der Waals surface area contributed by atoms with Crippen LogP contribution >= 0.6 is 0 Å². The fourth-order valence-corrected chi connectivity index (χ4v) is 3.08. The van der Waals surface area contributed by atoms with Gasteiger partial charge < -0.3 is 0 Å². The summed E-state index contributed by atoms with van der Waals surface area (Å²) in [6, 6.07) is 0. The average Bonchev–Trinajstić information content (AvgIpc) is 2.36. The van der Waals surface area contributed by atoms with Gasteiger partial charge in [-0.3, -0.25) is 0 Å². The van der Waals surface area contributed by atoms with Crippen molar-refractivity contribution in [2.24, 2.45) is 16.7 Å². The Morgan fingerprint density at radius 3 is 1.92 bits per heavy atom. The van der Waals surface area contributed by atoms with Crippen molar-refractivity contribution in [3.8, 4) is 0 Å². The van der Waals surface area contributed by atoms with E-state index in [1.54, 1.807) is 16.7 Å². The summed E-state index contributed by atoms with van der Waals surface area (Å²) in [4.78, 5) is 0. The molecule has 3 rings (SSSR count). The lowest BCUT2D eigenvalue weighted by molar-refractivity contribution is 0.393. The van der Waals surface area contributed by atoms with Crippen LogP contribution in [0.1, 0.15) is 41.5 Å². The third-order valence-corrected chi connectivity index (χ3v) is 3.51. The highest BCUT2D eigenvalue weighted by Crippen LogP contribution is 2.64. The number of fused-ring (bicyclic) bond motifs is 1. The molecule has 0 aromatic carbocycles. The van der Waals surface area contributed by atoms with Crippen LogP contribution in [0.25, 0.3) is 0 Å². The Kier molecular flexibility index (Phi) is 1.46. The molecule has 0 nitrogen and oxygen atoms in total. The van der Waals surface area contributed by atoms with E-state index in [9.17, 15) is 0 Å². The summed E-state index contributed by atoms with van der Waals surface area (Å²) in [6.45, 7) is 14.0. The van der Waals surface area contributed by atoms with Gasteiger partial charge in [-0.1, -0.05) is 47.6 Å². The van der Waals surface area contributed by atoms with Crippen molar-refractivity contribution < 1.29 is 0 Å². The van der Waals surface area contributed by atoms with Crippen molar-refractivity contribution in [3.63, 3.8) is 0 Å². The molecule has 0 aromatic heterocycles. The zero-order valence-corrected chi connectivity index (χ0v) is 9.65. The van der Waals surface area contributed by atoms with Gasteiger partial charge in [-0.05, 0) is 28.1 Å². The molecule has 1 atom stereocenters. The lowest BCUT2D eigenvalue weighted by atomic mass is 9.59. The first-order chi connectivity index (χ1) is 5.76. The highest BCUT2D eigenvalue weighted by molar-refractivity contribution is 5.65. The summed E-state index contributed by atoms with van der Waals surface area (Å²) in [5.74, 6) is 0.694. The number of hydrogen-bond acceptors (Lipinski definition) is 0. The van der Waals surface area contributed by atoms with Crippen LogP contribution in [0.4, 0.5) is 0 Å². The van der Waals surface area contributed by atoms with E-state index in [-0.39, 0.29) is 0 Å². The molecule has 0 amide bonds. The second-order valence-electron chi connectivity index (χ2n) is 6.03. The van der Waals surface area contributed by atoms with Crippen LogP contribution in [-0.2, 0) is 0 Å². The quantitative estimate of drug-likeness (QED) is 0.524. The fraction of sp³-hybridized carbons (Fsp3) is 0.692. The molecule has 0 spiro atoms. The molecular formula is C13H20. The third kappa shape index (κ3) is 0.920. The van der Waals surface area contributed by atoms with Crippen LogP contribution in [0, 0.1) is 16.7 Å². The zero-order valence-electron chi connectivity index (χ0n) is 9.65. The first kappa shape index (κ1) is 9.05. The molecule has 72 valence electrons. The van der Waals surface area contributed by atoms with Crippen LogP contribution in [0.3, 0.4) is 0 Å². The predicted octanol–water partition coefficient (Wildman–Crippen LogP) is 3.95. The maximum atomic E-state index is 2.45. The first-order valence-electron chi connectivity index (χ1n) is 5.24. The molecule has 3 aliphatic carbocycles. The van der Waals surface area contributed by atoms with Gasteiger partial charge in [-0.15, -0.1) is 0 Å². The summed E-state index contributed by atoms with van der Waals surface area (Å²) in [5, 5.41) is 0. The van der Waals surface area contributed by atoms with E-state index < -0.39 is 0 Å². The molecule has 3 aliphatic rings. The van der Waals surface area contributed by atoms with Crippen molar-refractivity contribution in [2.75, 3.05) is 0 Å². The van der Waals surface area contributed by atoms with Gasteiger partial charge in [0.25, 0.3) is 0 Å². The van der Waals surface area contributed by atoms with Crippen molar-refractivity contribution in [1.82, 2.24) is 0 Å². The standard InChI is InChI=1S/C13H20/c1-8-7-9-11(12(2,3)4)10(8)13(9,5)6/h7-8H,1-6H3. The van der Waals surface area contributed by atoms with Crippen molar-refractivity contribution in [3.05, 3.63) is 22.8 Å². The van der Waals surface area contributed by atoms with E-state index >= 15 is 0 Å². The highest BCUT2D eigenvalue weighted by atomic mass is 14.5. The minimum atomic E-state index is 0.349. The molecule has 0 aromatic rings. The summed E-state index contributed by atoms with van der Waals surface area (Å²) in [5.41, 5.74) is 5.69. The maximum absolute atomic E-state index is 2.45. The SMILES string of the molecule is CC1C=C2C(C(C)(C)C)=C1C2(C)C.